The van der Waals surface area contributed by atoms with E-state index in [1.807, 2.05) is 0 Å². The Bertz CT molecular complexity index is 974. The lowest BCUT2D eigenvalue weighted by atomic mass is 10.1. The number of nitrogens with one attached hydrogen (secondary N) is 1. The first-order chi connectivity index (χ1) is 12.7. The summed E-state index contributed by atoms with van der Waals surface area (Å²) in [5.74, 6) is 0.306. The van der Waals surface area contributed by atoms with Crippen LogP contribution in [-0.4, -0.2) is 77.5 Å². The molecule has 10 heteroatoms. The van der Waals surface area contributed by atoms with Crippen LogP contribution in [0.1, 0.15) is 23.3 Å². The van der Waals surface area contributed by atoms with Gasteiger partial charge in [0, 0.05) is 51.0 Å². The Labute approximate surface area is 158 Å². The van der Waals surface area contributed by atoms with Gasteiger partial charge in [0.15, 0.2) is 0 Å². The van der Waals surface area contributed by atoms with Gasteiger partial charge in [0.25, 0.3) is 5.91 Å². The second-order valence-electron chi connectivity index (χ2n) is 6.83. The van der Waals surface area contributed by atoms with E-state index in [2.05, 4.69) is 21.9 Å². The van der Waals surface area contributed by atoms with Crippen molar-refractivity contribution in [3.8, 4) is 0 Å². The van der Waals surface area contributed by atoms with Crippen LogP contribution in [0.15, 0.2) is 18.8 Å². The summed E-state index contributed by atoms with van der Waals surface area (Å²) < 4.78 is 26.4. The summed E-state index contributed by atoms with van der Waals surface area (Å²) in [6, 6.07) is 1.84. The average Bonchev–Trinajstić information content (AvgIpc) is 2.98. The first-order valence-corrected chi connectivity index (χ1v) is 10.5. The summed E-state index contributed by atoms with van der Waals surface area (Å²) in [5.41, 5.74) is 1.07. The van der Waals surface area contributed by atoms with Gasteiger partial charge in [0.1, 0.15) is 11.3 Å². The number of fused-ring (bicyclic) bond motifs is 1. The Morgan fingerprint density at radius 2 is 2.04 bits per heavy atom. The molecule has 1 aliphatic rings. The Hall–Kier alpha value is -2.46. The molecule has 1 fully saturated rings. The molecular formula is C17H24N6O3S. The molecule has 3 heterocycles. The van der Waals surface area contributed by atoms with E-state index in [-0.39, 0.29) is 11.9 Å². The van der Waals surface area contributed by atoms with Gasteiger partial charge in [-0.05, 0) is 18.9 Å². The van der Waals surface area contributed by atoms with E-state index in [9.17, 15) is 13.2 Å². The van der Waals surface area contributed by atoms with Gasteiger partial charge in [-0.1, -0.05) is 6.58 Å². The second-order valence-corrected chi connectivity index (χ2v) is 8.82. The van der Waals surface area contributed by atoms with E-state index in [1.54, 1.807) is 37.1 Å². The van der Waals surface area contributed by atoms with Gasteiger partial charge < -0.3 is 10.2 Å². The molecule has 0 aliphatic carbocycles. The number of nitrogens with zero attached hydrogens (tertiary/aromatic N) is 5. The third-order valence-corrected chi connectivity index (χ3v) is 5.94. The number of rotatable bonds is 5. The molecule has 27 heavy (non-hydrogen) atoms. The molecule has 0 atom stereocenters. The van der Waals surface area contributed by atoms with Crippen molar-refractivity contribution in [2.24, 2.45) is 0 Å². The standard InChI is InChI=1S/C17H24N6O3S/c1-5-23-14(16(24)21(2)3)10-12-11-18-17(20-15(12)23)19-13-6-8-22(9-7-13)27(4,25)26/h5,10-11,13H,1,6-9H2,2-4H3,(H,18,19,20). The summed E-state index contributed by atoms with van der Waals surface area (Å²) >= 11 is 0. The molecule has 2 aromatic rings. The number of hydrogen-bond acceptors (Lipinski definition) is 6. The van der Waals surface area contributed by atoms with Crippen LogP contribution in [0.25, 0.3) is 17.2 Å². The minimum Gasteiger partial charge on any atom is -0.351 e. The fourth-order valence-electron chi connectivity index (χ4n) is 3.17. The first kappa shape index (κ1) is 19.3. The maximum Gasteiger partial charge on any atom is 0.270 e. The first-order valence-electron chi connectivity index (χ1n) is 8.64. The zero-order valence-corrected chi connectivity index (χ0v) is 16.5. The van der Waals surface area contributed by atoms with Crippen LogP contribution >= 0.6 is 0 Å². The van der Waals surface area contributed by atoms with E-state index in [0.717, 1.165) is 5.39 Å². The summed E-state index contributed by atoms with van der Waals surface area (Å²) in [5, 5.41) is 4.02. The lowest BCUT2D eigenvalue weighted by Crippen LogP contribution is -2.42. The Morgan fingerprint density at radius 3 is 2.59 bits per heavy atom. The third kappa shape index (κ3) is 3.96. The third-order valence-electron chi connectivity index (χ3n) is 4.64. The minimum absolute atomic E-state index is 0.0930. The number of aromatic nitrogens is 3. The number of carbonyl (C=O) groups excluding carboxylic acids is 1. The molecule has 0 spiro atoms. The van der Waals surface area contributed by atoms with Gasteiger partial charge in [-0.2, -0.15) is 4.98 Å². The lowest BCUT2D eigenvalue weighted by Gasteiger charge is -2.30. The van der Waals surface area contributed by atoms with Crippen LogP contribution in [0.2, 0.25) is 0 Å². The van der Waals surface area contributed by atoms with Gasteiger partial charge in [0.2, 0.25) is 16.0 Å². The smallest absolute Gasteiger partial charge is 0.270 e. The van der Waals surface area contributed by atoms with E-state index < -0.39 is 10.0 Å². The molecule has 2 aromatic heterocycles. The van der Waals surface area contributed by atoms with Gasteiger partial charge >= 0.3 is 0 Å². The van der Waals surface area contributed by atoms with Crippen molar-refractivity contribution >= 4 is 39.1 Å². The molecule has 0 saturated carbocycles. The van der Waals surface area contributed by atoms with Gasteiger partial charge in [-0.15, -0.1) is 0 Å². The highest BCUT2D eigenvalue weighted by Gasteiger charge is 2.25. The maximum atomic E-state index is 12.3. The molecule has 146 valence electrons. The summed E-state index contributed by atoms with van der Waals surface area (Å²) in [7, 11) is 0.230. The minimum atomic E-state index is -3.15. The van der Waals surface area contributed by atoms with Crippen molar-refractivity contribution < 1.29 is 13.2 Å². The highest BCUT2D eigenvalue weighted by atomic mass is 32.2. The van der Waals surface area contributed by atoms with Crippen molar-refractivity contribution in [2.45, 2.75) is 18.9 Å². The van der Waals surface area contributed by atoms with Crippen molar-refractivity contribution in [1.82, 2.24) is 23.7 Å². The van der Waals surface area contributed by atoms with Crippen LogP contribution in [0.5, 0.6) is 0 Å². The fraction of sp³-hybridized carbons (Fsp3) is 0.471. The topological polar surface area (TPSA) is 100 Å². The Balaban J connectivity index is 1.81. The van der Waals surface area contributed by atoms with Gasteiger partial charge in [-0.25, -0.2) is 17.7 Å². The molecule has 1 N–H and O–H groups in total. The number of hydrogen-bond donors (Lipinski definition) is 1. The number of amides is 1. The van der Waals surface area contributed by atoms with Crippen LogP contribution < -0.4 is 5.32 Å². The predicted octanol–water partition coefficient (Wildman–Crippen LogP) is 1.07. The average molecular weight is 392 g/mol. The fourth-order valence-corrected chi connectivity index (χ4v) is 4.04. The molecule has 0 bridgehead atoms. The normalized spacial score (nSPS) is 16.4. The Kier molecular flexibility index (Phi) is 5.20. The van der Waals surface area contributed by atoms with Crippen molar-refractivity contribution in [1.29, 1.82) is 0 Å². The number of carbonyl (C=O) groups is 1. The largest absolute Gasteiger partial charge is 0.351 e. The van der Waals surface area contributed by atoms with E-state index in [0.29, 0.717) is 43.2 Å². The summed E-state index contributed by atoms with van der Waals surface area (Å²) in [4.78, 5) is 22.7. The summed E-state index contributed by atoms with van der Waals surface area (Å²) in [6.45, 7) is 4.73. The van der Waals surface area contributed by atoms with Crippen molar-refractivity contribution in [3.05, 3.63) is 24.5 Å². The zero-order chi connectivity index (χ0) is 19.8. The van der Waals surface area contributed by atoms with Crippen LogP contribution in [0, 0.1) is 0 Å². The van der Waals surface area contributed by atoms with Crippen LogP contribution in [-0.2, 0) is 10.0 Å². The highest BCUT2D eigenvalue weighted by molar-refractivity contribution is 7.88. The molecule has 3 rings (SSSR count). The quantitative estimate of drug-likeness (QED) is 0.817. The Morgan fingerprint density at radius 1 is 1.37 bits per heavy atom. The van der Waals surface area contributed by atoms with Gasteiger partial charge in [-0.3, -0.25) is 9.36 Å². The van der Waals surface area contributed by atoms with Gasteiger partial charge in [0.05, 0.1) is 6.26 Å². The molecule has 1 amide bonds. The van der Waals surface area contributed by atoms with Crippen molar-refractivity contribution in [2.75, 3.05) is 38.8 Å². The molecular weight excluding hydrogens is 368 g/mol. The SMILES string of the molecule is C=Cn1c(C(=O)N(C)C)cc2cnc(NC3CCN(S(C)(=O)=O)CC3)nc21. The molecule has 9 nitrogen and oxygen atoms in total. The number of anilines is 1. The maximum absolute atomic E-state index is 12.3. The van der Waals surface area contributed by atoms with E-state index in [1.165, 1.54) is 15.5 Å². The van der Waals surface area contributed by atoms with Crippen molar-refractivity contribution in [3.63, 3.8) is 0 Å². The second kappa shape index (κ2) is 7.28. The molecule has 1 aliphatic heterocycles. The number of sulfonamides is 1. The molecule has 0 unspecified atom stereocenters. The lowest BCUT2D eigenvalue weighted by molar-refractivity contribution is 0.0821. The zero-order valence-electron chi connectivity index (χ0n) is 15.7. The van der Waals surface area contributed by atoms with Crippen LogP contribution in [0.4, 0.5) is 5.95 Å². The monoisotopic (exact) mass is 392 g/mol. The number of piperidine rings is 1. The highest BCUT2D eigenvalue weighted by Crippen LogP contribution is 2.22. The predicted molar refractivity (Wildman–Crippen MR) is 105 cm³/mol. The van der Waals surface area contributed by atoms with Crippen LogP contribution in [0.3, 0.4) is 0 Å². The summed E-state index contributed by atoms with van der Waals surface area (Å²) in [6.07, 6.45) is 5.82. The molecule has 0 aromatic carbocycles. The molecule has 0 radical (unpaired) electrons. The van der Waals surface area contributed by atoms with E-state index >= 15 is 0 Å². The molecule has 1 saturated heterocycles. The van der Waals surface area contributed by atoms with E-state index in [4.69, 9.17) is 0 Å².